The fourth-order valence-electron chi connectivity index (χ4n) is 3.20. The molecule has 0 unspecified atom stereocenters. The molecule has 25 heavy (non-hydrogen) atoms. The normalized spacial score (nSPS) is 17.8. The van der Waals surface area contributed by atoms with Crippen molar-refractivity contribution in [3.8, 4) is 11.3 Å². The molecule has 3 aromatic rings. The number of hydrogen-bond donors (Lipinski definition) is 1. The third-order valence-electron chi connectivity index (χ3n) is 4.43. The van der Waals surface area contributed by atoms with E-state index in [2.05, 4.69) is 22.1 Å². The van der Waals surface area contributed by atoms with E-state index in [1.54, 1.807) is 6.07 Å². The summed E-state index contributed by atoms with van der Waals surface area (Å²) in [5.41, 5.74) is 1.79. The number of fused-ring (bicyclic) bond motifs is 1. The first-order valence-corrected chi connectivity index (χ1v) is 8.27. The maximum atomic E-state index is 13.4. The molecule has 3 heterocycles. The monoisotopic (exact) mass is 339 g/mol. The highest BCUT2D eigenvalue weighted by Crippen LogP contribution is 2.25. The first kappa shape index (κ1) is 15.8. The topological polar surface area (TPSA) is 58.4 Å². The molecule has 0 radical (unpaired) electrons. The van der Waals surface area contributed by atoms with E-state index >= 15 is 0 Å². The van der Waals surface area contributed by atoms with Crippen LogP contribution in [0.2, 0.25) is 0 Å². The van der Waals surface area contributed by atoms with Gasteiger partial charge in [-0.2, -0.15) is 0 Å². The van der Waals surface area contributed by atoms with Gasteiger partial charge in [0.1, 0.15) is 17.2 Å². The molecule has 0 spiro atoms. The lowest BCUT2D eigenvalue weighted by molar-refractivity contribution is 0.485. The van der Waals surface area contributed by atoms with Gasteiger partial charge in [0.25, 0.3) is 0 Å². The molecule has 1 N–H and O–H groups in total. The van der Waals surface area contributed by atoms with Gasteiger partial charge in [0.2, 0.25) is 0 Å². The van der Waals surface area contributed by atoms with Crippen LogP contribution in [0.15, 0.2) is 51.9 Å². The van der Waals surface area contributed by atoms with E-state index in [0.29, 0.717) is 28.3 Å². The summed E-state index contributed by atoms with van der Waals surface area (Å²) in [5.74, 6) is -0.156. The largest absolute Gasteiger partial charge is 0.456 e. The SMILES string of the molecule is C[C@H]1CN(c2ccc3oc(-c4cncc(F)c4)cc(=O)c3c2)CCN1. The Bertz CT molecular complexity index is 986. The van der Waals surface area contributed by atoms with Crippen molar-refractivity contribution in [2.45, 2.75) is 13.0 Å². The Labute approximate surface area is 144 Å². The molecule has 1 fully saturated rings. The minimum absolute atomic E-state index is 0.148. The Morgan fingerprint density at radius 2 is 2.16 bits per heavy atom. The van der Waals surface area contributed by atoms with Gasteiger partial charge < -0.3 is 14.6 Å². The molecule has 1 atom stereocenters. The van der Waals surface area contributed by atoms with Gasteiger partial charge in [0.15, 0.2) is 5.43 Å². The van der Waals surface area contributed by atoms with E-state index in [9.17, 15) is 9.18 Å². The van der Waals surface area contributed by atoms with Crippen LogP contribution < -0.4 is 15.6 Å². The third kappa shape index (κ3) is 3.13. The number of nitrogens with zero attached hydrogens (tertiary/aromatic N) is 2. The highest BCUT2D eigenvalue weighted by atomic mass is 19.1. The van der Waals surface area contributed by atoms with Crippen LogP contribution in [0.3, 0.4) is 0 Å². The molecule has 0 bridgehead atoms. The van der Waals surface area contributed by atoms with Gasteiger partial charge in [-0.15, -0.1) is 0 Å². The molecule has 6 heteroatoms. The molecule has 4 rings (SSSR count). The smallest absolute Gasteiger partial charge is 0.193 e. The van der Waals surface area contributed by atoms with Crippen molar-refractivity contribution >= 4 is 16.7 Å². The van der Waals surface area contributed by atoms with Crippen molar-refractivity contribution in [3.05, 3.63) is 58.8 Å². The molecule has 1 aliphatic rings. The van der Waals surface area contributed by atoms with Gasteiger partial charge >= 0.3 is 0 Å². The van der Waals surface area contributed by atoms with Crippen molar-refractivity contribution < 1.29 is 8.81 Å². The minimum atomic E-state index is -0.469. The quantitative estimate of drug-likeness (QED) is 0.778. The Kier molecular flexibility index (Phi) is 3.97. The van der Waals surface area contributed by atoms with Crippen molar-refractivity contribution in [1.82, 2.24) is 10.3 Å². The van der Waals surface area contributed by atoms with E-state index in [0.717, 1.165) is 31.5 Å². The van der Waals surface area contributed by atoms with Crippen LogP contribution in [0, 0.1) is 5.82 Å². The van der Waals surface area contributed by atoms with E-state index in [1.165, 1.54) is 18.3 Å². The molecule has 128 valence electrons. The molecule has 5 nitrogen and oxygen atoms in total. The number of halogens is 1. The summed E-state index contributed by atoms with van der Waals surface area (Å²) < 4.78 is 19.2. The lowest BCUT2D eigenvalue weighted by Crippen LogP contribution is -2.49. The fraction of sp³-hybridized carbons (Fsp3) is 0.263. The predicted octanol–water partition coefficient (Wildman–Crippen LogP) is 2.79. The second-order valence-electron chi connectivity index (χ2n) is 6.35. The van der Waals surface area contributed by atoms with Gasteiger partial charge in [0.05, 0.1) is 11.6 Å². The standard InChI is InChI=1S/C19H18FN3O2/c1-12-11-23(5-4-22-12)15-2-3-18-16(7-15)17(24)8-19(25-18)13-6-14(20)10-21-9-13/h2-3,6-10,12,22H,4-5,11H2,1H3/t12-/m0/s1. The highest BCUT2D eigenvalue weighted by Gasteiger charge is 2.17. The van der Waals surface area contributed by atoms with Crippen LogP contribution in [-0.2, 0) is 0 Å². The summed E-state index contributed by atoms with van der Waals surface area (Å²) in [4.78, 5) is 18.6. The average Bonchev–Trinajstić information content (AvgIpc) is 2.61. The summed E-state index contributed by atoms with van der Waals surface area (Å²) >= 11 is 0. The number of hydrogen-bond acceptors (Lipinski definition) is 5. The van der Waals surface area contributed by atoms with Crippen LogP contribution in [0.4, 0.5) is 10.1 Å². The summed E-state index contributed by atoms with van der Waals surface area (Å²) in [6.45, 7) is 4.85. The molecule has 0 aliphatic carbocycles. The average molecular weight is 339 g/mol. The minimum Gasteiger partial charge on any atom is -0.456 e. The third-order valence-corrected chi connectivity index (χ3v) is 4.43. The van der Waals surface area contributed by atoms with Gasteiger partial charge in [0, 0.05) is 49.2 Å². The number of anilines is 1. The fourth-order valence-corrected chi connectivity index (χ4v) is 3.20. The molecule has 0 amide bonds. The van der Waals surface area contributed by atoms with Gasteiger partial charge in [-0.05, 0) is 31.2 Å². The number of pyridine rings is 1. The van der Waals surface area contributed by atoms with Crippen molar-refractivity contribution in [1.29, 1.82) is 0 Å². The van der Waals surface area contributed by atoms with E-state index in [-0.39, 0.29) is 5.43 Å². The first-order valence-electron chi connectivity index (χ1n) is 8.27. The van der Waals surface area contributed by atoms with E-state index in [1.807, 2.05) is 12.1 Å². The number of aromatic nitrogens is 1. The summed E-state index contributed by atoms with van der Waals surface area (Å²) in [6.07, 6.45) is 2.59. The lowest BCUT2D eigenvalue weighted by Gasteiger charge is -2.33. The van der Waals surface area contributed by atoms with Gasteiger partial charge in [-0.25, -0.2) is 4.39 Å². The molecule has 1 saturated heterocycles. The van der Waals surface area contributed by atoms with Crippen LogP contribution in [0.5, 0.6) is 0 Å². The Hall–Kier alpha value is -2.73. The molecule has 0 saturated carbocycles. The zero-order chi connectivity index (χ0) is 17.4. The van der Waals surface area contributed by atoms with E-state index in [4.69, 9.17) is 4.42 Å². The van der Waals surface area contributed by atoms with Crippen molar-refractivity contribution in [3.63, 3.8) is 0 Å². The van der Waals surface area contributed by atoms with E-state index < -0.39 is 5.82 Å². The molecule has 1 aliphatic heterocycles. The van der Waals surface area contributed by atoms with Crippen molar-refractivity contribution in [2.75, 3.05) is 24.5 Å². The maximum absolute atomic E-state index is 13.4. The maximum Gasteiger partial charge on any atom is 0.193 e. The summed E-state index contributed by atoms with van der Waals surface area (Å²) in [7, 11) is 0. The predicted molar refractivity (Wildman–Crippen MR) is 95.4 cm³/mol. The number of benzene rings is 1. The first-order chi connectivity index (χ1) is 12.1. The lowest BCUT2D eigenvalue weighted by atomic mass is 10.1. The molecular formula is C19H18FN3O2. The second kappa shape index (κ2) is 6.29. The van der Waals surface area contributed by atoms with Crippen LogP contribution >= 0.6 is 0 Å². The number of nitrogens with one attached hydrogen (secondary N) is 1. The highest BCUT2D eigenvalue weighted by molar-refractivity contribution is 5.82. The van der Waals surface area contributed by atoms with Gasteiger partial charge in [-0.1, -0.05) is 0 Å². The van der Waals surface area contributed by atoms with Gasteiger partial charge in [-0.3, -0.25) is 9.78 Å². The number of rotatable bonds is 2. The zero-order valence-corrected chi connectivity index (χ0v) is 13.8. The second-order valence-corrected chi connectivity index (χ2v) is 6.35. The summed E-state index contributed by atoms with van der Waals surface area (Å²) in [6, 6.07) is 8.72. The summed E-state index contributed by atoms with van der Waals surface area (Å²) in [5, 5.41) is 3.93. The molecular weight excluding hydrogens is 321 g/mol. The van der Waals surface area contributed by atoms with Crippen LogP contribution in [0.1, 0.15) is 6.92 Å². The van der Waals surface area contributed by atoms with Crippen LogP contribution in [-0.4, -0.2) is 30.7 Å². The zero-order valence-electron chi connectivity index (χ0n) is 13.8. The Morgan fingerprint density at radius 1 is 1.28 bits per heavy atom. The Balaban J connectivity index is 1.76. The van der Waals surface area contributed by atoms with Crippen LogP contribution in [0.25, 0.3) is 22.3 Å². The van der Waals surface area contributed by atoms with Crippen molar-refractivity contribution in [2.24, 2.45) is 0 Å². The molecule has 1 aromatic carbocycles. The number of piperazine rings is 1. The molecule has 2 aromatic heterocycles. The Morgan fingerprint density at radius 3 is 2.96 bits per heavy atom.